The fourth-order valence-electron chi connectivity index (χ4n) is 2.74. The molecular formula is C17H26N2O4S. The van der Waals surface area contributed by atoms with Crippen molar-refractivity contribution < 1.29 is 17.9 Å². The number of carbonyl (C=O) groups excluding carboxylic acids is 1. The van der Waals surface area contributed by atoms with Crippen LogP contribution in [0.5, 0.6) is 0 Å². The molecule has 1 aromatic rings. The molecule has 7 heteroatoms. The van der Waals surface area contributed by atoms with Crippen LogP contribution >= 0.6 is 0 Å². The number of hydrogen-bond acceptors (Lipinski definition) is 4. The number of nitrogens with one attached hydrogen (secondary N) is 1. The third-order valence-corrected chi connectivity index (χ3v) is 5.80. The number of morpholine rings is 1. The molecule has 0 saturated carbocycles. The standard InChI is InChI=1S/C17H26N2O4S/c1-4-5-10-18-17(20)15-6-8-16(9-7-15)24(21,22)19-11-13(2)23-14(3)12-19/h6-9,13-14H,4-5,10-12H2,1-3H3,(H,18,20)/t13-,14-/m0/s1. The van der Waals surface area contributed by atoms with Crippen LogP contribution in [0, 0.1) is 0 Å². The molecule has 0 bridgehead atoms. The quantitative estimate of drug-likeness (QED) is 0.793. The Balaban J connectivity index is 2.10. The molecule has 24 heavy (non-hydrogen) atoms. The number of amides is 1. The van der Waals surface area contributed by atoms with Gasteiger partial charge in [0.25, 0.3) is 5.91 Å². The summed E-state index contributed by atoms with van der Waals surface area (Å²) in [4.78, 5) is 12.2. The molecule has 0 aliphatic carbocycles. The van der Waals surface area contributed by atoms with Crippen LogP contribution in [0.2, 0.25) is 0 Å². The molecule has 2 atom stereocenters. The third-order valence-electron chi connectivity index (χ3n) is 3.96. The van der Waals surface area contributed by atoms with Crippen molar-refractivity contribution in [1.82, 2.24) is 9.62 Å². The van der Waals surface area contributed by atoms with Gasteiger partial charge in [-0.1, -0.05) is 13.3 Å². The Hall–Kier alpha value is -1.44. The number of hydrogen-bond donors (Lipinski definition) is 1. The third kappa shape index (κ3) is 4.55. The summed E-state index contributed by atoms with van der Waals surface area (Å²) >= 11 is 0. The fourth-order valence-corrected chi connectivity index (χ4v) is 4.33. The number of sulfonamides is 1. The number of nitrogens with zero attached hydrogens (tertiary/aromatic N) is 1. The predicted octanol–water partition coefficient (Wildman–Crippen LogP) is 2.01. The summed E-state index contributed by atoms with van der Waals surface area (Å²) in [6.45, 7) is 7.08. The zero-order valence-corrected chi connectivity index (χ0v) is 15.3. The lowest BCUT2D eigenvalue weighted by Gasteiger charge is -2.34. The van der Waals surface area contributed by atoms with Gasteiger partial charge in [-0.3, -0.25) is 4.79 Å². The van der Waals surface area contributed by atoms with E-state index in [-0.39, 0.29) is 23.0 Å². The Bertz CT molecular complexity index is 648. The second-order valence-electron chi connectivity index (χ2n) is 6.21. The van der Waals surface area contributed by atoms with Crippen LogP contribution in [0.15, 0.2) is 29.2 Å². The van der Waals surface area contributed by atoms with E-state index in [4.69, 9.17) is 4.74 Å². The van der Waals surface area contributed by atoms with Gasteiger partial charge in [0.15, 0.2) is 0 Å². The van der Waals surface area contributed by atoms with Gasteiger partial charge < -0.3 is 10.1 Å². The molecule has 1 fully saturated rings. The van der Waals surface area contributed by atoms with Gasteiger partial charge in [0.05, 0.1) is 17.1 Å². The summed E-state index contributed by atoms with van der Waals surface area (Å²) in [5.41, 5.74) is 0.466. The summed E-state index contributed by atoms with van der Waals surface area (Å²) in [6, 6.07) is 6.10. The van der Waals surface area contributed by atoms with Crippen molar-refractivity contribution in [2.75, 3.05) is 19.6 Å². The largest absolute Gasteiger partial charge is 0.373 e. The highest BCUT2D eigenvalue weighted by Crippen LogP contribution is 2.21. The van der Waals surface area contributed by atoms with Crippen LogP contribution in [0.25, 0.3) is 0 Å². The molecule has 0 unspecified atom stereocenters. The molecule has 1 heterocycles. The molecular weight excluding hydrogens is 328 g/mol. The van der Waals surface area contributed by atoms with Crippen molar-refractivity contribution in [2.45, 2.75) is 50.7 Å². The van der Waals surface area contributed by atoms with Crippen molar-refractivity contribution >= 4 is 15.9 Å². The second-order valence-corrected chi connectivity index (χ2v) is 8.15. The Morgan fingerprint density at radius 1 is 1.21 bits per heavy atom. The van der Waals surface area contributed by atoms with E-state index in [1.165, 1.54) is 16.4 Å². The number of rotatable bonds is 6. The normalized spacial score (nSPS) is 22.3. The van der Waals surface area contributed by atoms with Crippen LogP contribution in [-0.4, -0.2) is 50.5 Å². The van der Waals surface area contributed by atoms with Gasteiger partial charge in [-0.15, -0.1) is 0 Å². The first-order valence-electron chi connectivity index (χ1n) is 8.38. The second kappa shape index (κ2) is 8.09. The van der Waals surface area contributed by atoms with E-state index in [0.717, 1.165) is 12.8 Å². The van der Waals surface area contributed by atoms with Crippen LogP contribution in [0.3, 0.4) is 0 Å². The zero-order chi connectivity index (χ0) is 17.7. The van der Waals surface area contributed by atoms with Crippen LogP contribution < -0.4 is 5.32 Å². The minimum Gasteiger partial charge on any atom is -0.373 e. The Kier molecular flexibility index (Phi) is 6.37. The van der Waals surface area contributed by atoms with E-state index in [9.17, 15) is 13.2 Å². The smallest absolute Gasteiger partial charge is 0.251 e. The van der Waals surface area contributed by atoms with E-state index in [1.54, 1.807) is 12.1 Å². The summed E-state index contributed by atoms with van der Waals surface area (Å²) in [6.07, 6.45) is 1.67. The van der Waals surface area contributed by atoms with Gasteiger partial charge in [0.1, 0.15) is 0 Å². The molecule has 1 amide bonds. The SMILES string of the molecule is CCCCNC(=O)c1ccc(S(=O)(=O)N2C[C@H](C)O[C@@H](C)C2)cc1. The van der Waals surface area contributed by atoms with Crippen molar-refractivity contribution in [2.24, 2.45) is 0 Å². The molecule has 2 rings (SSSR count). The summed E-state index contributed by atoms with van der Waals surface area (Å²) in [5, 5.41) is 2.82. The highest BCUT2D eigenvalue weighted by atomic mass is 32.2. The minimum absolute atomic E-state index is 0.132. The monoisotopic (exact) mass is 354 g/mol. The van der Waals surface area contributed by atoms with Crippen LogP contribution in [-0.2, 0) is 14.8 Å². The maximum atomic E-state index is 12.7. The minimum atomic E-state index is -3.57. The molecule has 1 aliphatic rings. The maximum Gasteiger partial charge on any atom is 0.251 e. The van der Waals surface area contributed by atoms with Gasteiger partial charge in [-0.05, 0) is 44.5 Å². The number of benzene rings is 1. The lowest BCUT2D eigenvalue weighted by atomic mass is 10.2. The Morgan fingerprint density at radius 3 is 2.33 bits per heavy atom. The Morgan fingerprint density at radius 2 is 1.79 bits per heavy atom. The average molecular weight is 354 g/mol. The fraction of sp³-hybridized carbons (Fsp3) is 0.588. The lowest BCUT2D eigenvalue weighted by molar-refractivity contribution is -0.0440. The van der Waals surface area contributed by atoms with E-state index >= 15 is 0 Å². The molecule has 134 valence electrons. The van der Waals surface area contributed by atoms with Crippen molar-refractivity contribution in [3.63, 3.8) is 0 Å². The van der Waals surface area contributed by atoms with Gasteiger partial charge in [0.2, 0.25) is 10.0 Å². The summed E-state index contributed by atoms with van der Waals surface area (Å²) < 4.78 is 32.5. The lowest BCUT2D eigenvalue weighted by Crippen LogP contribution is -2.48. The van der Waals surface area contributed by atoms with Gasteiger partial charge in [-0.2, -0.15) is 4.31 Å². The van der Waals surface area contributed by atoms with Gasteiger partial charge in [-0.25, -0.2) is 8.42 Å². The topological polar surface area (TPSA) is 75.7 Å². The van der Waals surface area contributed by atoms with Crippen molar-refractivity contribution in [1.29, 1.82) is 0 Å². The summed E-state index contributed by atoms with van der Waals surface area (Å²) in [7, 11) is -3.57. The zero-order valence-electron chi connectivity index (χ0n) is 14.5. The number of ether oxygens (including phenoxy) is 1. The molecule has 1 aromatic carbocycles. The average Bonchev–Trinajstić information content (AvgIpc) is 2.54. The first kappa shape index (κ1) is 18.9. The van der Waals surface area contributed by atoms with Gasteiger partial charge >= 0.3 is 0 Å². The highest BCUT2D eigenvalue weighted by molar-refractivity contribution is 7.89. The molecule has 1 saturated heterocycles. The van der Waals surface area contributed by atoms with Gasteiger partial charge in [0, 0.05) is 25.2 Å². The number of unbranched alkanes of at least 4 members (excludes halogenated alkanes) is 1. The maximum absolute atomic E-state index is 12.7. The van der Waals surface area contributed by atoms with Crippen molar-refractivity contribution in [3.8, 4) is 0 Å². The van der Waals surface area contributed by atoms with E-state index in [0.29, 0.717) is 25.2 Å². The Labute approximate surface area is 144 Å². The van der Waals surface area contributed by atoms with E-state index < -0.39 is 10.0 Å². The van der Waals surface area contributed by atoms with Crippen LogP contribution in [0.4, 0.5) is 0 Å². The molecule has 1 N–H and O–H groups in total. The van der Waals surface area contributed by atoms with Crippen molar-refractivity contribution in [3.05, 3.63) is 29.8 Å². The van der Waals surface area contributed by atoms with E-state index in [2.05, 4.69) is 12.2 Å². The molecule has 6 nitrogen and oxygen atoms in total. The number of carbonyl (C=O) groups is 1. The predicted molar refractivity (Wildman–Crippen MR) is 92.5 cm³/mol. The molecule has 0 spiro atoms. The first-order valence-corrected chi connectivity index (χ1v) is 9.82. The molecule has 0 radical (unpaired) electrons. The summed E-state index contributed by atoms with van der Waals surface area (Å²) in [5.74, 6) is -0.180. The van der Waals surface area contributed by atoms with E-state index in [1.807, 2.05) is 13.8 Å². The highest BCUT2D eigenvalue weighted by Gasteiger charge is 2.32. The van der Waals surface area contributed by atoms with Crippen LogP contribution in [0.1, 0.15) is 44.0 Å². The molecule has 1 aliphatic heterocycles. The first-order chi connectivity index (χ1) is 11.3. The molecule has 0 aromatic heterocycles.